The van der Waals surface area contributed by atoms with Gasteiger partial charge in [0.05, 0.1) is 12.4 Å². The first-order valence-electron chi connectivity index (χ1n) is 3.96. The van der Waals surface area contributed by atoms with Crippen LogP contribution < -0.4 is 0 Å². The number of hydrogen-bond donors (Lipinski definition) is 0. The SMILES string of the molecule is [2H]c1cc(C)nc2cccnc12. The minimum Gasteiger partial charge on any atom is -0.255 e. The van der Waals surface area contributed by atoms with E-state index >= 15 is 0 Å². The van der Waals surface area contributed by atoms with Crippen LogP contribution in [0.2, 0.25) is 0 Å². The monoisotopic (exact) mass is 145 g/mol. The van der Waals surface area contributed by atoms with Crippen LogP contribution in [0.4, 0.5) is 0 Å². The van der Waals surface area contributed by atoms with E-state index in [9.17, 15) is 0 Å². The Morgan fingerprint density at radius 2 is 2.27 bits per heavy atom. The van der Waals surface area contributed by atoms with E-state index in [1.165, 1.54) is 0 Å². The minimum absolute atomic E-state index is 0.443. The molecule has 0 aliphatic heterocycles. The van der Waals surface area contributed by atoms with Gasteiger partial charge in [-0.25, -0.2) is 0 Å². The smallest absolute Gasteiger partial charge is 0.0889 e. The number of pyridine rings is 2. The number of nitrogens with zero attached hydrogens (tertiary/aromatic N) is 2. The summed E-state index contributed by atoms with van der Waals surface area (Å²) < 4.78 is 7.60. The van der Waals surface area contributed by atoms with Crippen molar-refractivity contribution in [3.63, 3.8) is 0 Å². The van der Waals surface area contributed by atoms with Crippen LogP contribution in [0.15, 0.2) is 30.4 Å². The Hall–Kier alpha value is -1.44. The molecule has 2 rings (SSSR count). The molecular formula is C9H8N2. The summed E-state index contributed by atoms with van der Waals surface area (Å²) in [6.45, 7) is 1.88. The molecule has 0 spiro atoms. The molecule has 0 fully saturated rings. The zero-order chi connectivity index (χ0) is 8.55. The third-order valence-electron chi connectivity index (χ3n) is 1.50. The van der Waals surface area contributed by atoms with Gasteiger partial charge in [0.2, 0.25) is 0 Å². The molecule has 2 aromatic rings. The van der Waals surface area contributed by atoms with Crippen LogP contribution in [0.5, 0.6) is 0 Å². The summed E-state index contributed by atoms with van der Waals surface area (Å²) in [6, 6.07) is 5.86. The average molecular weight is 145 g/mol. The van der Waals surface area contributed by atoms with E-state index in [1.54, 1.807) is 12.3 Å². The number of rotatable bonds is 0. The average Bonchev–Trinajstić information content (AvgIpc) is 2.04. The van der Waals surface area contributed by atoms with Crippen molar-refractivity contribution in [1.82, 2.24) is 9.97 Å². The molecule has 2 heterocycles. The van der Waals surface area contributed by atoms with Crippen LogP contribution in [-0.4, -0.2) is 9.97 Å². The minimum atomic E-state index is 0.443. The van der Waals surface area contributed by atoms with Crippen LogP contribution in [0, 0.1) is 6.92 Å². The highest BCUT2D eigenvalue weighted by Gasteiger charge is 1.92. The summed E-state index contributed by atoms with van der Waals surface area (Å²) in [5.41, 5.74) is 2.33. The van der Waals surface area contributed by atoms with Gasteiger partial charge in [0.1, 0.15) is 0 Å². The molecular weight excluding hydrogens is 136 g/mol. The van der Waals surface area contributed by atoms with E-state index in [2.05, 4.69) is 9.97 Å². The Morgan fingerprint density at radius 1 is 1.36 bits per heavy atom. The summed E-state index contributed by atoms with van der Waals surface area (Å²) in [4.78, 5) is 8.33. The molecule has 54 valence electrons. The summed E-state index contributed by atoms with van der Waals surface area (Å²) in [7, 11) is 0. The molecule has 0 radical (unpaired) electrons. The Labute approximate surface area is 66.3 Å². The number of aromatic nitrogens is 2. The van der Waals surface area contributed by atoms with Crippen LogP contribution in [-0.2, 0) is 0 Å². The first-order chi connectivity index (χ1) is 5.77. The summed E-state index contributed by atoms with van der Waals surface area (Å²) in [5.74, 6) is 0. The molecule has 11 heavy (non-hydrogen) atoms. The Bertz CT molecular complexity index is 426. The fourth-order valence-corrected chi connectivity index (χ4v) is 0.993. The number of fused-ring (bicyclic) bond motifs is 1. The van der Waals surface area contributed by atoms with Crippen molar-refractivity contribution >= 4 is 11.0 Å². The maximum atomic E-state index is 7.60. The Morgan fingerprint density at radius 3 is 3.18 bits per heavy atom. The second kappa shape index (κ2) is 2.31. The highest BCUT2D eigenvalue weighted by Crippen LogP contribution is 2.07. The molecule has 0 saturated carbocycles. The van der Waals surface area contributed by atoms with E-state index in [4.69, 9.17) is 1.37 Å². The van der Waals surface area contributed by atoms with Crippen molar-refractivity contribution in [3.8, 4) is 0 Å². The molecule has 0 N–H and O–H groups in total. The molecule has 2 heteroatoms. The maximum Gasteiger partial charge on any atom is 0.0889 e. The van der Waals surface area contributed by atoms with Gasteiger partial charge < -0.3 is 0 Å². The number of aryl methyl sites for hydroxylation is 1. The Balaban J connectivity index is 2.89. The molecule has 2 nitrogen and oxygen atoms in total. The molecule has 0 saturated heterocycles. The predicted molar refractivity (Wildman–Crippen MR) is 44.3 cm³/mol. The highest BCUT2D eigenvalue weighted by atomic mass is 14.7. The van der Waals surface area contributed by atoms with E-state index in [1.807, 2.05) is 19.1 Å². The molecule has 0 bridgehead atoms. The van der Waals surface area contributed by atoms with Crippen molar-refractivity contribution in [3.05, 3.63) is 36.1 Å². The van der Waals surface area contributed by atoms with E-state index in [0.29, 0.717) is 11.6 Å². The molecule has 0 amide bonds. The van der Waals surface area contributed by atoms with Gasteiger partial charge in [-0.3, -0.25) is 9.97 Å². The van der Waals surface area contributed by atoms with Crippen LogP contribution in [0.25, 0.3) is 11.0 Å². The first kappa shape index (κ1) is 5.24. The third kappa shape index (κ3) is 1.07. The topological polar surface area (TPSA) is 25.8 Å². The van der Waals surface area contributed by atoms with Crippen molar-refractivity contribution in [1.29, 1.82) is 0 Å². The molecule has 0 aliphatic rings. The Kier molecular flexibility index (Phi) is 1.10. The van der Waals surface area contributed by atoms with Gasteiger partial charge in [0.25, 0.3) is 0 Å². The van der Waals surface area contributed by atoms with E-state index in [-0.39, 0.29) is 0 Å². The van der Waals surface area contributed by atoms with Crippen molar-refractivity contribution in [2.75, 3.05) is 0 Å². The normalized spacial score (nSPS) is 11.5. The van der Waals surface area contributed by atoms with Gasteiger partial charge in [-0.05, 0) is 31.2 Å². The standard InChI is InChI=1S/C9H8N2/c1-7-4-5-8-9(11-7)3-2-6-10-8/h2-6H,1H3/i5D. The predicted octanol–water partition coefficient (Wildman–Crippen LogP) is 1.94. The van der Waals surface area contributed by atoms with Crippen LogP contribution in [0.3, 0.4) is 0 Å². The third-order valence-corrected chi connectivity index (χ3v) is 1.50. The van der Waals surface area contributed by atoms with Gasteiger partial charge in [-0.2, -0.15) is 0 Å². The lowest BCUT2D eigenvalue weighted by Crippen LogP contribution is -1.83. The fraction of sp³-hybridized carbons (Fsp3) is 0.111. The molecule has 0 atom stereocenters. The fourth-order valence-electron chi connectivity index (χ4n) is 0.993. The largest absolute Gasteiger partial charge is 0.255 e. The number of hydrogen-bond acceptors (Lipinski definition) is 2. The van der Waals surface area contributed by atoms with E-state index in [0.717, 1.165) is 11.2 Å². The van der Waals surface area contributed by atoms with Crippen molar-refractivity contribution < 1.29 is 1.37 Å². The van der Waals surface area contributed by atoms with Crippen molar-refractivity contribution in [2.45, 2.75) is 6.92 Å². The first-order valence-corrected chi connectivity index (χ1v) is 3.46. The lowest BCUT2D eigenvalue weighted by Gasteiger charge is -1.95. The quantitative estimate of drug-likeness (QED) is 0.566. The summed E-state index contributed by atoms with van der Waals surface area (Å²) >= 11 is 0. The van der Waals surface area contributed by atoms with Crippen molar-refractivity contribution in [2.24, 2.45) is 0 Å². The lowest BCUT2D eigenvalue weighted by atomic mass is 10.3. The van der Waals surface area contributed by atoms with Gasteiger partial charge in [0.15, 0.2) is 0 Å². The lowest BCUT2D eigenvalue weighted by molar-refractivity contribution is 1.24. The zero-order valence-electron chi connectivity index (χ0n) is 7.20. The van der Waals surface area contributed by atoms with Crippen LogP contribution >= 0.6 is 0 Å². The molecule has 2 aromatic heterocycles. The molecule has 0 aliphatic carbocycles. The summed E-state index contributed by atoms with van der Waals surface area (Å²) in [6.07, 6.45) is 1.68. The van der Waals surface area contributed by atoms with E-state index < -0.39 is 0 Å². The second-order valence-electron chi connectivity index (χ2n) is 2.41. The van der Waals surface area contributed by atoms with Gasteiger partial charge >= 0.3 is 0 Å². The van der Waals surface area contributed by atoms with Gasteiger partial charge in [0, 0.05) is 11.9 Å². The molecule has 0 aromatic carbocycles. The van der Waals surface area contributed by atoms with Gasteiger partial charge in [-0.1, -0.05) is 0 Å². The maximum absolute atomic E-state index is 7.60. The molecule has 0 unspecified atom stereocenters. The highest BCUT2D eigenvalue weighted by molar-refractivity contribution is 5.73. The second-order valence-corrected chi connectivity index (χ2v) is 2.41. The van der Waals surface area contributed by atoms with Gasteiger partial charge in [-0.15, -0.1) is 0 Å². The zero-order valence-corrected chi connectivity index (χ0v) is 6.20. The summed E-state index contributed by atoms with van der Waals surface area (Å²) in [5, 5.41) is 0. The van der Waals surface area contributed by atoms with Crippen LogP contribution in [0.1, 0.15) is 7.06 Å².